The Bertz CT molecular complexity index is 348. The first-order chi connectivity index (χ1) is 8.65. The Kier molecular flexibility index (Phi) is 6.75. The molecular weight excluding hydrogens is 243 g/mol. The summed E-state index contributed by atoms with van der Waals surface area (Å²) in [6.07, 6.45) is 2.11. The lowest BCUT2D eigenvalue weighted by Crippen LogP contribution is -2.19. The first kappa shape index (κ1) is 15.0. The Morgan fingerprint density at radius 3 is 2.39 bits per heavy atom. The first-order valence-electron chi connectivity index (χ1n) is 6.07. The number of hydrogen-bond acceptors (Lipinski definition) is 2. The van der Waals surface area contributed by atoms with Gasteiger partial charge in [0.15, 0.2) is 17.5 Å². The molecule has 0 bridgehead atoms. The van der Waals surface area contributed by atoms with Gasteiger partial charge in [0.05, 0.1) is 6.61 Å². The fraction of sp³-hybridized carbons (Fsp3) is 0.538. The van der Waals surface area contributed by atoms with Crippen LogP contribution in [0.3, 0.4) is 0 Å². The van der Waals surface area contributed by atoms with E-state index in [2.05, 4.69) is 12.2 Å². The van der Waals surface area contributed by atoms with Crippen molar-refractivity contribution < 1.29 is 17.9 Å². The van der Waals surface area contributed by atoms with E-state index in [1.807, 2.05) is 0 Å². The zero-order valence-corrected chi connectivity index (χ0v) is 10.4. The van der Waals surface area contributed by atoms with Crippen LogP contribution in [-0.2, 0) is 11.3 Å². The summed E-state index contributed by atoms with van der Waals surface area (Å²) in [5.41, 5.74) is 0.375. The quantitative estimate of drug-likeness (QED) is 0.573. The molecule has 0 saturated heterocycles. The molecule has 1 aromatic carbocycles. The van der Waals surface area contributed by atoms with Crippen LogP contribution in [0.1, 0.15) is 25.3 Å². The minimum Gasteiger partial charge on any atom is -0.380 e. The third kappa shape index (κ3) is 5.06. The zero-order chi connectivity index (χ0) is 13.4. The molecule has 2 nitrogen and oxygen atoms in total. The van der Waals surface area contributed by atoms with E-state index in [1.54, 1.807) is 0 Å². The summed E-state index contributed by atoms with van der Waals surface area (Å²) in [6, 6.07) is 1.98. The lowest BCUT2D eigenvalue weighted by atomic mass is 10.2. The third-order valence-corrected chi connectivity index (χ3v) is 2.44. The highest BCUT2D eigenvalue weighted by atomic mass is 19.2. The molecule has 1 rings (SSSR count). The summed E-state index contributed by atoms with van der Waals surface area (Å²) < 4.78 is 43.8. The van der Waals surface area contributed by atoms with Gasteiger partial charge in [-0.15, -0.1) is 0 Å². The minimum atomic E-state index is -1.43. The summed E-state index contributed by atoms with van der Waals surface area (Å²) in [5.74, 6) is -3.75. The van der Waals surface area contributed by atoms with E-state index in [4.69, 9.17) is 4.74 Å². The van der Waals surface area contributed by atoms with Gasteiger partial charge < -0.3 is 10.1 Å². The third-order valence-electron chi connectivity index (χ3n) is 2.44. The van der Waals surface area contributed by atoms with Crippen molar-refractivity contribution in [3.05, 3.63) is 35.1 Å². The van der Waals surface area contributed by atoms with Gasteiger partial charge in [0.1, 0.15) is 0 Å². The predicted octanol–water partition coefficient (Wildman–Crippen LogP) is 3.01. The molecule has 0 heterocycles. The largest absolute Gasteiger partial charge is 0.380 e. The molecule has 0 aromatic heterocycles. The van der Waals surface area contributed by atoms with Crippen molar-refractivity contribution in [2.75, 3.05) is 19.8 Å². The summed E-state index contributed by atoms with van der Waals surface area (Å²) in [4.78, 5) is 0. The van der Waals surface area contributed by atoms with Crippen molar-refractivity contribution in [1.82, 2.24) is 5.32 Å². The van der Waals surface area contributed by atoms with Crippen molar-refractivity contribution in [1.29, 1.82) is 0 Å². The van der Waals surface area contributed by atoms with Gasteiger partial charge in [0.25, 0.3) is 0 Å². The topological polar surface area (TPSA) is 21.3 Å². The molecule has 0 aliphatic carbocycles. The Balaban J connectivity index is 2.23. The molecule has 1 N–H and O–H groups in total. The second-order valence-corrected chi connectivity index (χ2v) is 4.02. The Hall–Kier alpha value is -1.07. The molecule has 102 valence electrons. The highest BCUT2D eigenvalue weighted by Crippen LogP contribution is 2.13. The predicted molar refractivity (Wildman–Crippen MR) is 63.7 cm³/mol. The Labute approximate surface area is 105 Å². The summed E-state index contributed by atoms with van der Waals surface area (Å²) in [7, 11) is 0. The van der Waals surface area contributed by atoms with Crippen LogP contribution in [0.2, 0.25) is 0 Å². The average molecular weight is 261 g/mol. The molecule has 0 saturated carbocycles. The van der Waals surface area contributed by atoms with Crippen LogP contribution in [0.4, 0.5) is 13.2 Å². The number of halogens is 3. The van der Waals surface area contributed by atoms with Crippen molar-refractivity contribution in [2.24, 2.45) is 0 Å². The smallest absolute Gasteiger partial charge is 0.194 e. The van der Waals surface area contributed by atoms with E-state index >= 15 is 0 Å². The number of nitrogens with one attached hydrogen (secondary N) is 1. The van der Waals surface area contributed by atoms with Crippen molar-refractivity contribution in [3.8, 4) is 0 Å². The molecule has 18 heavy (non-hydrogen) atoms. The van der Waals surface area contributed by atoms with Crippen LogP contribution in [0.15, 0.2) is 12.1 Å². The molecule has 5 heteroatoms. The highest BCUT2D eigenvalue weighted by molar-refractivity contribution is 5.19. The fourth-order valence-corrected chi connectivity index (χ4v) is 1.44. The lowest BCUT2D eigenvalue weighted by Gasteiger charge is -2.06. The highest BCUT2D eigenvalue weighted by Gasteiger charge is 2.09. The number of rotatable bonds is 8. The molecular formula is C13H18F3NO. The Morgan fingerprint density at radius 2 is 1.78 bits per heavy atom. The van der Waals surface area contributed by atoms with Crippen LogP contribution in [-0.4, -0.2) is 19.8 Å². The Morgan fingerprint density at radius 1 is 1.11 bits per heavy atom. The van der Waals surface area contributed by atoms with Crippen molar-refractivity contribution in [2.45, 2.75) is 26.3 Å². The average Bonchev–Trinajstić information content (AvgIpc) is 2.34. The van der Waals surface area contributed by atoms with E-state index in [0.29, 0.717) is 18.7 Å². The SMILES string of the molecule is CCCCOCCNCc1cc(F)c(F)c(F)c1. The molecule has 0 aliphatic rings. The molecule has 0 spiro atoms. The summed E-state index contributed by atoms with van der Waals surface area (Å²) in [5, 5.41) is 2.97. The number of hydrogen-bond donors (Lipinski definition) is 1. The van der Waals surface area contributed by atoms with Gasteiger partial charge in [-0.2, -0.15) is 0 Å². The number of ether oxygens (including phenoxy) is 1. The minimum absolute atomic E-state index is 0.283. The van der Waals surface area contributed by atoms with Gasteiger partial charge in [-0.05, 0) is 24.1 Å². The van der Waals surface area contributed by atoms with E-state index in [0.717, 1.165) is 31.6 Å². The monoisotopic (exact) mass is 261 g/mol. The van der Waals surface area contributed by atoms with Gasteiger partial charge in [0, 0.05) is 19.7 Å². The van der Waals surface area contributed by atoms with Crippen LogP contribution in [0.5, 0.6) is 0 Å². The van der Waals surface area contributed by atoms with Crippen LogP contribution >= 0.6 is 0 Å². The van der Waals surface area contributed by atoms with Crippen molar-refractivity contribution in [3.63, 3.8) is 0 Å². The molecule has 0 aliphatic heterocycles. The fourth-order valence-electron chi connectivity index (χ4n) is 1.44. The maximum Gasteiger partial charge on any atom is 0.194 e. The maximum absolute atomic E-state index is 12.9. The summed E-state index contributed by atoms with van der Waals surface area (Å²) >= 11 is 0. The van der Waals surface area contributed by atoms with Crippen molar-refractivity contribution >= 4 is 0 Å². The normalized spacial score (nSPS) is 10.9. The van der Waals surface area contributed by atoms with Crippen LogP contribution in [0, 0.1) is 17.5 Å². The van der Waals surface area contributed by atoms with Gasteiger partial charge >= 0.3 is 0 Å². The lowest BCUT2D eigenvalue weighted by molar-refractivity contribution is 0.133. The van der Waals surface area contributed by atoms with Crippen LogP contribution < -0.4 is 5.32 Å². The number of unbranched alkanes of at least 4 members (excludes halogenated alkanes) is 1. The van der Waals surface area contributed by atoms with E-state index < -0.39 is 17.5 Å². The molecule has 0 amide bonds. The van der Waals surface area contributed by atoms with E-state index in [1.165, 1.54) is 0 Å². The molecule has 0 radical (unpaired) electrons. The standard InChI is InChI=1S/C13H18F3NO/c1-2-3-5-18-6-4-17-9-10-7-11(14)13(16)12(15)8-10/h7-8,17H,2-6,9H2,1H3. The summed E-state index contributed by atoms with van der Waals surface area (Å²) in [6.45, 7) is 4.22. The van der Waals surface area contributed by atoms with E-state index in [-0.39, 0.29) is 6.54 Å². The number of benzene rings is 1. The maximum atomic E-state index is 12.9. The zero-order valence-electron chi connectivity index (χ0n) is 10.4. The second kappa shape index (κ2) is 8.11. The molecule has 1 aromatic rings. The van der Waals surface area contributed by atoms with Crippen LogP contribution in [0.25, 0.3) is 0 Å². The van der Waals surface area contributed by atoms with E-state index in [9.17, 15) is 13.2 Å². The van der Waals surface area contributed by atoms with Gasteiger partial charge in [-0.3, -0.25) is 0 Å². The molecule has 0 atom stereocenters. The van der Waals surface area contributed by atoms with Gasteiger partial charge in [-0.1, -0.05) is 13.3 Å². The first-order valence-corrected chi connectivity index (χ1v) is 6.07. The molecule has 0 fully saturated rings. The van der Waals surface area contributed by atoms with Gasteiger partial charge in [0.2, 0.25) is 0 Å². The molecule has 0 unspecified atom stereocenters. The van der Waals surface area contributed by atoms with Gasteiger partial charge in [-0.25, -0.2) is 13.2 Å². The second-order valence-electron chi connectivity index (χ2n) is 4.02.